The molecule has 3 N–H and O–H groups in total. The summed E-state index contributed by atoms with van der Waals surface area (Å²) in [6, 6.07) is 5.32. The van der Waals surface area contributed by atoms with Crippen LogP contribution in [0.3, 0.4) is 0 Å². The molecule has 8 heteroatoms. The molecule has 0 bridgehead atoms. The fraction of sp³-hybridized carbons (Fsp3) is 0.455. The Hall–Kier alpha value is -0.960. The monoisotopic (exact) mass is 304 g/mol. The molecule has 1 aromatic rings. The van der Waals surface area contributed by atoms with Gasteiger partial charge in [-0.3, -0.25) is 0 Å². The van der Waals surface area contributed by atoms with E-state index in [0.717, 1.165) is 19.3 Å². The van der Waals surface area contributed by atoms with Crippen LogP contribution in [0.4, 0.5) is 0 Å². The van der Waals surface area contributed by atoms with Crippen molar-refractivity contribution < 1.29 is 16.8 Å². The summed E-state index contributed by atoms with van der Waals surface area (Å²) in [5.74, 6) is 0.594. The van der Waals surface area contributed by atoms with Crippen LogP contribution >= 0.6 is 0 Å². The summed E-state index contributed by atoms with van der Waals surface area (Å²) >= 11 is 0. The highest BCUT2D eigenvalue weighted by atomic mass is 32.2. The first-order valence-electron chi connectivity index (χ1n) is 5.92. The molecule has 0 aliphatic heterocycles. The maximum atomic E-state index is 12.1. The van der Waals surface area contributed by atoms with Gasteiger partial charge in [0.2, 0.25) is 20.0 Å². The quantitative estimate of drug-likeness (QED) is 0.794. The summed E-state index contributed by atoms with van der Waals surface area (Å²) in [6.45, 7) is 0.311. The lowest BCUT2D eigenvalue weighted by molar-refractivity contribution is 0.568. The molecule has 1 aliphatic rings. The molecule has 0 unspecified atom stereocenters. The van der Waals surface area contributed by atoms with Crippen molar-refractivity contribution in [3.05, 3.63) is 24.3 Å². The van der Waals surface area contributed by atoms with Crippen molar-refractivity contribution in [3.8, 4) is 0 Å². The van der Waals surface area contributed by atoms with Gasteiger partial charge in [-0.05, 0) is 24.5 Å². The number of sulfonamides is 2. The third-order valence-electron chi connectivity index (χ3n) is 2.99. The molecule has 1 aromatic carbocycles. The summed E-state index contributed by atoms with van der Waals surface area (Å²) in [7, 11) is -7.92. The average molecular weight is 304 g/mol. The summed E-state index contributed by atoms with van der Waals surface area (Å²) < 4.78 is 49.3. The molecule has 106 valence electrons. The minimum absolute atomic E-state index is 0.298. The lowest BCUT2D eigenvalue weighted by atomic mass is 10.3. The highest BCUT2D eigenvalue weighted by molar-refractivity contribution is 7.92. The van der Waals surface area contributed by atoms with Crippen LogP contribution in [0.15, 0.2) is 34.1 Å². The third-order valence-corrected chi connectivity index (χ3v) is 5.60. The smallest absolute Gasteiger partial charge is 0.225 e. The molecule has 0 heterocycles. The molecule has 0 radical (unpaired) electrons. The highest BCUT2D eigenvalue weighted by Gasteiger charge is 2.25. The molecule has 0 aromatic heterocycles. The Balaban J connectivity index is 2.24. The van der Waals surface area contributed by atoms with Crippen molar-refractivity contribution in [1.29, 1.82) is 0 Å². The van der Waals surface area contributed by atoms with Crippen LogP contribution in [0.5, 0.6) is 0 Å². The van der Waals surface area contributed by atoms with E-state index in [1.807, 2.05) is 0 Å². The Morgan fingerprint density at radius 2 is 1.68 bits per heavy atom. The Morgan fingerprint density at radius 1 is 1.11 bits per heavy atom. The average Bonchev–Trinajstić information content (AvgIpc) is 3.12. The van der Waals surface area contributed by atoms with Gasteiger partial charge in [0.05, 0.1) is 0 Å². The van der Waals surface area contributed by atoms with Crippen LogP contribution < -0.4 is 9.86 Å². The molecule has 1 fully saturated rings. The topological polar surface area (TPSA) is 106 Å². The van der Waals surface area contributed by atoms with Crippen LogP contribution in [0, 0.1) is 5.92 Å². The number of nitrogens with two attached hydrogens (primary N) is 1. The minimum Gasteiger partial charge on any atom is -0.225 e. The van der Waals surface area contributed by atoms with Crippen molar-refractivity contribution in [2.24, 2.45) is 11.1 Å². The van der Waals surface area contributed by atoms with Gasteiger partial charge in [-0.2, -0.15) is 0 Å². The lowest BCUT2D eigenvalue weighted by Crippen LogP contribution is -2.27. The molecule has 0 spiro atoms. The third kappa shape index (κ3) is 3.75. The number of primary sulfonamides is 1. The van der Waals surface area contributed by atoms with Gasteiger partial charge in [-0.1, -0.05) is 25.0 Å². The normalized spacial score (nSPS) is 16.5. The van der Waals surface area contributed by atoms with Crippen molar-refractivity contribution in [2.45, 2.75) is 29.1 Å². The molecule has 2 rings (SSSR count). The molecular weight excluding hydrogens is 288 g/mol. The summed E-state index contributed by atoms with van der Waals surface area (Å²) in [5, 5.41) is 5.02. The second kappa shape index (κ2) is 5.20. The molecule has 0 saturated heterocycles. The largest absolute Gasteiger partial charge is 0.241 e. The molecule has 6 nitrogen and oxygen atoms in total. The van der Waals surface area contributed by atoms with E-state index in [4.69, 9.17) is 5.14 Å². The zero-order valence-electron chi connectivity index (χ0n) is 10.2. The van der Waals surface area contributed by atoms with Gasteiger partial charge in [-0.25, -0.2) is 26.7 Å². The van der Waals surface area contributed by atoms with Crippen molar-refractivity contribution in [2.75, 3.05) is 6.54 Å². The Bertz CT molecular complexity index is 664. The predicted molar refractivity (Wildman–Crippen MR) is 70.3 cm³/mol. The highest BCUT2D eigenvalue weighted by Crippen LogP contribution is 2.31. The van der Waals surface area contributed by atoms with E-state index in [0.29, 0.717) is 12.5 Å². The van der Waals surface area contributed by atoms with Crippen LogP contribution in [0.2, 0.25) is 0 Å². The van der Waals surface area contributed by atoms with E-state index in [1.54, 1.807) is 0 Å². The van der Waals surface area contributed by atoms with E-state index in [2.05, 4.69) is 4.72 Å². The van der Waals surface area contributed by atoms with Crippen molar-refractivity contribution >= 4 is 20.0 Å². The van der Waals surface area contributed by atoms with Gasteiger partial charge >= 0.3 is 0 Å². The fourth-order valence-corrected chi connectivity index (χ4v) is 4.22. The first-order valence-corrected chi connectivity index (χ1v) is 8.95. The Kier molecular flexibility index (Phi) is 3.95. The molecule has 19 heavy (non-hydrogen) atoms. The zero-order valence-corrected chi connectivity index (χ0v) is 11.9. The number of hydrogen-bond donors (Lipinski definition) is 2. The standard InChI is InChI=1S/C11H16N2O4S2/c12-18(14,15)10-3-1-2-4-11(10)19(16,17)13-8-7-9-5-6-9/h1-4,9,13H,5-8H2,(H2,12,14,15). The van der Waals surface area contributed by atoms with E-state index in [1.165, 1.54) is 24.3 Å². The second-order valence-electron chi connectivity index (χ2n) is 4.62. The Morgan fingerprint density at radius 3 is 2.21 bits per heavy atom. The summed E-state index contributed by atoms with van der Waals surface area (Å²) in [4.78, 5) is -0.679. The molecule has 0 amide bonds. The maximum Gasteiger partial charge on any atom is 0.241 e. The second-order valence-corrected chi connectivity index (χ2v) is 7.89. The lowest BCUT2D eigenvalue weighted by Gasteiger charge is -2.09. The van der Waals surface area contributed by atoms with Crippen molar-refractivity contribution in [3.63, 3.8) is 0 Å². The fourth-order valence-electron chi connectivity index (χ4n) is 1.79. The first-order chi connectivity index (χ1) is 8.81. The van der Waals surface area contributed by atoms with Gasteiger partial charge in [0.1, 0.15) is 9.79 Å². The van der Waals surface area contributed by atoms with Gasteiger partial charge in [0, 0.05) is 6.54 Å². The van der Waals surface area contributed by atoms with Crippen LogP contribution in [0.25, 0.3) is 0 Å². The van der Waals surface area contributed by atoms with E-state index < -0.39 is 20.0 Å². The molecule has 0 atom stereocenters. The number of nitrogens with one attached hydrogen (secondary N) is 1. The van der Waals surface area contributed by atoms with E-state index in [-0.39, 0.29) is 9.79 Å². The van der Waals surface area contributed by atoms with Crippen molar-refractivity contribution in [1.82, 2.24) is 4.72 Å². The Labute approximate surface area is 113 Å². The predicted octanol–water partition coefficient (Wildman–Crippen LogP) is 0.412. The van der Waals surface area contributed by atoms with Gasteiger partial charge in [0.15, 0.2) is 0 Å². The number of benzene rings is 1. The minimum atomic E-state index is -4.06. The molecular formula is C11H16N2O4S2. The van der Waals surface area contributed by atoms with E-state index in [9.17, 15) is 16.8 Å². The maximum absolute atomic E-state index is 12.1. The molecule has 1 saturated carbocycles. The van der Waals surface area contributed by atoms with Gasteiger partial charge < -0.3 is 0 Å². The van der Waals surface area contributed by atoms with Gasteiger partial charge in [-0.15, -0.1) is 0 Å². The molecule has 1 aliphatic carbocycles. The van der Waals surface area contributed by atoms with E-state index >= 15 is 0 Å². The number of hydrogen-bond acceptors (Lipinski definition) is 4. The van der Waals surface area contributed by atoms with Crippen LogP contribution in [-0.2, 0) is 20.0 Å². The number of rotatable bonds is 6. The summed E-state index contributed by atoms with van der Waals surface area (Å²) in [5.41, 5.74) is 0. The SMILES string of the molecule is NS(=O)(=O)c1ccccc1S(=O)(=O)NCCC1CC1. The van der Waals surface area contributed by atoms with Crippen LogP contribution in [-0.4, -0.2) is 23.4 Å². The summed E-state index contributed by atoms with van der Waals surface area (Å²) in [6.07, 6.45) is 3.04. The van der Waals surface area contributed by atoms with Gasteiger partial charge in [0.25, 0.3) is 0 Å². The van der Waals surface area contributed by atoms with Crippen LogP contribution in [0.1, 0.15) is 19.3 Å². The zero-order chi connectivity index (χ0) is 14.1. The first kappa shape index (κ1) is 14.4.